The summed E-state index contributed by atoms with van der Waals surface area (Å²) in [5.74, 6) is 0. The number of hydrogen-bond acceptors (Lipinski definition) is 1. The van der Waals surface area contributed by atoms with Gasteiger partial charge in [0.1, 0.15) is 0 Å². The normalized spacial score (nSPS) is 11.7. The summed E-state index contributed by atoms with van der Waals surface area (Å²) in [5, 5.41) is 0.519. The molecule has 0 saturated heterocycles. The summed E-state index contributed by atoms with van der Waals surface area (Å²) in [6.07, 6.45) is -3.84. The highest BCUT2D eigenvalue weighted by Gasteiger charge is 2.30. The van der Waals surface area contributed by atoms with Crippen molar-refractivity contribution in [2.45, 2.75) is 12.6 Å². The lowest BCUT2D eigenvalue weighted by molar-refractivity contribution is -0.137. The van der Waals surface area contributed by atoms with Crippen molar-refractivity contribution in [3.8, 4) is 11.1 Å². The molecule has 2 rings (SSSR count). The van der Waals surface area contributed by atoms with Crippen LogP contribution in [-0.4, -0.2) is 6.54 Å². The van der Waals surface area contributed by atoms with Gasteiger partial charge in [0.2, 0.25) is 0 Å². The van der Waals surface area contributed by atoms with Crippen molar-refractivity contribution < 1.29 is 13.2 Å². The average molecular weight is 300 g/mol. The monoisotopic (exact) mass is 299 g/mol. The third-order valence-corrected chi connectivity index (χ3v) is 3.37. The van der Waals surface area contributed by atoms with Gasteiger partial charge >= 0.3 is 6.18 Å². The van der Waals surface area contributed by atoms with Gasteiger partial charge in [-0.3, -0.25) is 0 Å². The third-order valence-electron chi connectivity index (χ3n) is 3.01. The van der Waals surface area contributed by atoms with Crippen molar-refractivity contribution >= 4 is 11.6 Å². The van der Waals surface area contributed by atoms with Gasteiger partial charge in [-0.15, -0.1) is 0 Å². The van der Waals surface area contributed by atoms with Crippen LogP contribution in [0.5, 0.6) is 0 Å². The van der Waals surface area contributed by atoms with Crippen LogP contribution in [0.4, 0.5) is 13.2 Å². The number of rotatable bonds is 3. The van der Waals surface area contributed by atoms with Crippen LogP contribution in [0.25, 0.3) is 11.1 Å². The summed E-state index contributed by atoms with van der Waals surface area (Å²) >= 11 is 6.11. The van der Waals surface area contributed by atoms with Gasteiger partial charge in [-0.1, -0.05) is 35.9 Å². The first-order valence-corrected chi connectivity index (χ1v) is 6.46. The molecule has 0 aromatic heterocycles. The lowest BCUT2D eigenvalue weighted by atomic mass is 9.96. The Bertz CT molecular complexity index is 608. The van der Waals surface area contributed by atoms with Gasteiger partial charge in [-0.2, -0.15) is 13.2 Å². The predicted molar refractivity (Wildman–Crippen MR) is 74.6 cm³/mol. The van der Waals surface area contributed by atoms with Crippen molar-refractivity contribution in [3.05, 3.63) is 58.6 Å². The summed E-state index contributed by atoms with van der Waals surface area (Å²) in [6.45, 7) is 0.385. The first kappa shape index (κ1) is 14.9. The van der Waals surface area contributed by atoms with Gasteiger partial charge in [0.15, 0.2) is 0 Å². The maximum atomic E-state index is 12.8. The Labute approximate surface area is 120 Å². The predicted octanol–water partition coefficient (Wildman–Crippen LogP) is 4.53. The second kappa shape index (κ2) is 5.85. The van der Waals surface area contributed by atoms with Gasteiger partial charge in [-0.05, 0) is 47.9 Å². The van der Waals surface area contributed by atoms with E-state index in [1.54, 1.807) is 24.3 Å². The topological polar surface area (TPSA) is 26.0 Å². The van der Waals surface area contributed by atoms with Crippen molar-refractivity contribution in [2.24, 2.45) is 5.73 Å². The van der Waals surface area contributed by atoms with E-state index >= 15 is 0 Å². The molecular formula is C15H13ClF3N. The zero-order chi connectivity index (χ0) is 14.8. The van der Waals surface area contributed by atoms with Crippen molar-refractivity contribution in [3.63, 3.8) is 0 Å². The minimum absolute atomic E-state index is 0.385. The van der Waals surface area contributed by atoms with Crippen molar-refractivity contribution in [2.75, 3.05) is 6.54 Å². The molecule has 0 aliphatic heterocycles. The zero-order valence-electron chi connectivity index (χ0n) is 10.5. The molecule has 0 unspecified atom stereocenters. The van der Waals surface area contributed by atoms with E-state index in [-0.39, 0.29) is 0 Å². The highest BCUT2D eigenvalue weighted by Crippen LogP contribution is 2.34. The van der Waals surface area contributed by atoms with E-state index in [9.17, 15) is 13.2 Å². The summed E-state index contributed by atoms with van der Waals surface area (Å²) in [7, 11) is 0. The molecule has 0 fully saturated rings. The fourth-order valence-electron chi connectivity index (χ4n) is 2.09. The van der Waals surface area contributed by atoms with Crippen LogP contribution in [0.15, 0.2) is 42.5 Å². The van der Waals surface area contributed by atoms with Crippen molar-refractivity contribution in [1.29, 1.82) is 0 Å². The Hall–Kier alpha value is -1.52. The molecule has 0 heterocycles. The summed E-state index contributed by atoms with van der Waals surface area (Å²) in [5.41, 5.74) is 6.82. The first-order valence-electron chi connectivity index (χ1n) is 6.08. The molecule has 2 aromatic carbocycles. The average Bonchev–Trinajstić information content (AvgIpc) is 2.40. The van der Waals surface area contributed by atoms with Crippen LogP contribution in [0.3, 0.4) is 0 Å². The quantitative estimate of drug-likeness (QED) is 0.885. The molecule has 2 N–H and O–H groups in total. The minimum Gasteiger partial charge on any atom is -0.330 e. The number of hydrogen-bond donors (Lipinski definition) is 1. The Kier molecular flexibility index (Phi) is 4.35. The van der Waals surface area contributed by atoms with E-state index in [1.807, 2.05) is 0 Å². The van der Waals surface area contributed by atoms with Crippen LogP contribution < -0.4 is 5.73 Å². The molecule has 0 radical (unpaired) electrons. The van der Waals surface area contributed by atoms with Crippen molar-refractivity contribution in [1.82, 2.24) is 0 Å². The van der Waals surface area contributed by atoms with Crippen LogP contribution >= 0.6 is 11.6 Å². The van der Waals surface area contributed by atoms with E-state index in [2.05, 4.69) is 0 Å². The molecule has 0 saturated carbocycles. The maximum Gasteiger partial charge on any atom is 0.416 e. The van der Waals surface area contributed by atoms with Gasteiger partial charge < -0.3 is 5.73 Å². The molecule has 0 amide bonds. The molecule has 1 nitrogen and oxygen atoms in total. The number of nitrogens with two attached hydrogens (primary N) is 1. The highest BCUT2D eigenvalue weighted by atomic mass is 35.5. The second-order valence-electron chi connectivity index (χ2n) is 4.38. The molecule has 0 aliphatic rings. The third kappa shape index (κ3) is 3.14. The van der Waals surface area contributed by atoms with Gasteiger partial charge in [0.05, 0.1) is 5.56 Å². The number of halogens is 4. The van der Waals surface area contributed by atoms with Crippen LogP contribution in [-0.2, 0) is 12.6 Å². The highest BCUT2D eigenvalue weighted by molar-refractivity contribution is 6.31. The lowest BCUT2D eigenvalue weighted by Crippen LogP contribution is -2.06. The largest absolute Gasteiger partial charge is 0.416 e. The molecule has 5 heteroatoms. The molecule has 0 bridgehead atoms. The van der Waals surface area contributed by atoms with Crippen LogP contribution in [0.1, 0.15) is 11.1 Å². The minimum atomic E-state index is -4.36. The Morgan fingerprint density at radius 1 is 1.05 bits per heavy atom. The van der Waals surface area contributed by atoms with Gasteiger partial charge in [0.25, 0.3) is 0 Å². The molecular weight excluding hydrogens is 287 g/mol. The van der Waals surface area contributed by atoms with E-state index in [0.717, 1.165) is 17.7 Å². The maximum absolute atomic E-state index is 12.8. The molecule has 0 atom stereocenters. The van der Waals surface area contributed by atoms with E-state index < -0.39 is 11.7 Å². The molecule has 0 aliphatic carbocycles. The summed E-state index contributed by atoms with van der Waals surface area (Å²) in [6, 6.07) is 10.4. The fraction of sp³-hybridized carbons (Fsp3) is 0.200. The summed E-state index contributed by atoms with van der Waals surface area (Å²) in [4.78, 5) is 0. The fourth-order valence-corrected chi connectivity index (χ4v) is 2.36. The molecule has 20 heavy (non-hydrogen) atoms. The Balaban J connectivity index is 2.54. The second-order valence-corrected chi connectivity index (χ2v) is 4.79. The van der Waals surface area contributed by atoms with Crippen LogP contribution in [0.2, 0.25) is 5.02 Å². The Morgan fingerprint density at radius 2 is 1.75 bits per heavy atom. The molecule has 0 spiro atoms. The number of benzene rings is 2. The molecule has 106 valence electrons. The zero-order valence-corrected chi connectivity index (χ0v) is 11.3. The number of alkyl halides is 3. The SMILES string of the molecule is NCCc1c(Cl)cccc1-c1cccc(C(F)(F)F)c1. The van der Waals surface area contributed by atoms with E-state index in [0.29, 0.717) is 29.1 Å². The first-order chi connectivity index (χ1) is 9.43. The van der Waals surface area contributed by atoms with Gasteiger partial charge in [-0.25, -0.2) is 0 Å². The smallest absolute Gasteiger partial charge is 0.330 e. The lowest BCUT2D eigenvalue weighted by Gasteiger charge is -2.13. The van der Waals surface area contributed by atoms with E-state index in [4.69, 9.17) is 17.3 Å². The van der Waals surface area contributed by atoms with Crippen LogP contribution in [0, 0.1) is 0 Å². The molecule has 2 aromatic rings. The van der Waals surface area contributed by atoms with E-state index in [1.165, 1.54) is 6.07 Å². The summed E-state index contributed by atoms with van der Waals surface area (Å²) < 4.78 is 38.3. The standard InChI is InChI=1S/C15H13ClF3N/c16-14-6-2-5-12(13(14)7-8-20)10-3-1-4-11(9-10)15(17,18)19/h1-6,9H,7-8,20H2. The van der Waals surface area contributed by atoms with Gasteiger partial charge in [0, 0.05) is 5.02 Å². The Morgan fingerprint density at radius 3 is 2.40 bits per heavy atom.